The Morgan fingerprint density at radius 2 is 2.17 bits per heavy atom. The van der Waals surface area contributed by atoms with E-state index in [2.05, 4.69) is 10.2 Å². The van der Waals surface area contributed by atoms with Crippen LogP contribution in [0.1, 0.15) is 26.7 Å². The summed E-state index contributed by atoms with van der Waals surface area (Å²) in [6, 6.07) is 0.0657. The van der Waals surface area contributed by atoms with Gasteiger partial charge in [0.25, 0.3) is 0 Å². The molecular weight excluding hydrogens is 232 g/mol. The van der Waals surface area contributed by atoms with Crippen LogP contribution in [0.2, 0.25) is 0 Å². The summed E-state index contributed by atoms with van der Waals surface area (Å²) in [7, 11) is 3.19. The Morgan fingerprint density at radius 3 is 2.67 bits per heavy atom. The normalized spacial score (nSPS) is 22.4. The van der Waals surface area contributed by atoms with Crippen LogP contribution in [0.4, 0.5) is 0 Å². The number of likely N-dealkylation sites (tertiary alicyclic amines) is 1. The van der Waals surface area contributed by atoms with Gasteiger partial charge in [-0.2, -0.15) is 0 Å². The SMILES string of the molecule is COC(=O)C(CCN1CCC(OC)C1)NC(C)C. The van der Waals surface area contributed by atoms with Gasteiger partial charge in [0.1, 0.15) is 6.04 Å². The van der Waals surface area contributed by atoms with E-state index >= 15 is 0 Å². The highest BCUT2D eigenvalue weighted by molar-refractivity contribution is 5.75. The van der Waals surface area contributed by atoms with Gasteiger partial charge in [-0.25, -0.2) is 0 Å². The Hall–Kier alpha value is -0.650. The first-order chi connectivity index (χ1) is 8.56. The van der Waals surface area contributed by atoms with Crippen molar-refractivity contribution in [3.63, 3.8) is 0 Å². The van der Waals surface area contributed by atoms with Crippen LogP contribution in [0.5, 0.6) is 0 Å². The van der Waals surface area contributed by atoms with E-state index in [1.54, 1.807) is 7.11 Å². The molecule has 0 aromatic carbocycles. The van der Waals surface area contributed by atoms with Gasteiger partial charge in [0.05, 0.1) is 13.2 Å². The summed E-state index contributed by atoms with van der Waals surface area (Å²) in [6.07, 6.45) is 2.21. The van der Waals surface area contributed by atoms with E-state index in [0.717, 1.165) is 32.5 Å². The van der Waals surface area contributed by atoms with E-state index in [1.165, 1.54) is 7.11 Å². The van der Waals surface area contributed by atoms with Crippen LogP contribution in [0.3, 0.4) is 0 Å². The summed E-state index contributed by atoms with van der Waals surface area (Å²) < 4.78 is 10.2. The summed E-state index contributed by atoms with van der Waals surface area (Å²) in [4.78, 5) is 14.0. The summed E-state index contributed by atoms with van der Waals surface area (Å²) >= 11 is 0. The summed E-state index contributed by atoms with van der Waals surface area (Å²) in [6.45, 7) is 6.99. The molecule has 5 heteroatoms. The van der Waals surface area contributed by atoms with Crippen molar-refractivity contribution in [2.24, 2.45) is 0 Å². The molecule has 1 N–H and O–H groups in total. The fourth-order valence-electron chi connectivity index (χ4n) is 2.32. The molecular formula is C13H26N2O3. The Bertz CT molecular complexity index is 259. The molecule has 0 aromatic heterocycles. The largest absolute Gasteiger partial charge is 0.468 e. The lowest BCUT2D eigenvalue weighted by molar-refractivity contribution is -0.143. The number of methoxy groups -OCH3 is 2. The zero-order valence-electron chi connectivity index (χ0n) is 11.9. The summed E-state index contributed by atoms with van der Waals surface area (Å²) in [5.74, 6) is -0.175. The third kappa shape index (κ3) is 4.92. The van der Waals surface area contributed by atoms with Crippen molar-refractivity contribution in [1.29, 1.82) is 0 Å². The minimum absolute atomic E-state index is 0.175. The molecule has 1 aliphatic rings. The molecule has 2 atom stereocenters. The minimum Gasteiger partial charge on any atom is -0.468 e. The molecule has 1 aliphatic heterocycles. The second kappa shape index (κ2) is 7.71. The highest BCUT2D eigenvalue weighted by Gasteiger charge is 2.25. The predicted molar refractivity (Wildman–Crippen MR) is 70.5 cm³/mol. The van der Waals surface area contributed by atoms with Crippen molar-refractivity contribution >= 4 is 5.97 Å². The summed E-state index contributed by atoms with van der Waals surface area (Å²) in [5, 5.41) is 3.25. The molecule has 0 bridgehead atoms. The second-order valence-electron chi connectivity index (χ2n) is 5.13. The lowest BCUT2D eigenvalue weighted by Crippen LogP contribution is -2.43. The van der Waals surface area contributed by atoms with Crippen LogP contribution in [-0.2, 0) is 14.3 Å². The van der Waals surface area contributed by atoms with E-state index in [0.29, 0.717) is 6.10 Å². The van der Waals surface area contributed by atoms with E-state index in [1.807, 2.05) is 13.8 Å². The number of carbonyl (C=O) groups excluding carboxylic acids is 1. The van der Waals surface area contributed by atoms with Gasteiger partial charge in [0, 0.05) is 32.8 Å². The lowest BCUT2D eigenvalue weighted by Gasteiger charge is -2.22. The molecule has 0 radical (unpaired) electrons. The van der Waals surface area contributed by atoms with Crippen molar-refractivity contribution < 1.29 is 14.3 Å². The van der Waals surface area contributed by atoms with Crippen molar-refractivity contribution in [2.75, 3.05) is 33.9 Å². The van der Waals surface area contributed by atoms with Gasteiger partial charge in [0.15, 0.2) is 0 Å². The number of esters is 1. The molecule has 106 valence electrons. The number of ether oxygens (including phenoxy) is 2. The second-order valence-corrected chi connectivity index (χ2v) is 5.13. The number of hydrogen-bond donors (Lipinski definition) is 1. The fourth-order valence-corrected chi connectivity index (χ4v) is 2.32. The molecule has 1 heterocycles. The molecule has 1 rings (SSSR count). The van der Waals surface area contributed by atoms with Crippen molar-refractivity contribution in [3.8, 4) is 0 Å². The number of hydrogen-bond acceptors (Lipinski definition) is 5. The van der Waals surface area contributed by atoms with Gasteiger partial charge >= 0.3 is 5.97 Å². The van der Waals surface area contributed by atoms with Crippen molar-refractivity contribution in [3.05, 3.63) is 0 Å². The third-order valence-corrected chi connectivity index (χ3v) is 3.32. The van der Waals surface area contributed by atoms with Crippen LogP contribution in [0.25, 0.3) is 0 Å². The van der Waals surface area contributed by atoms with Gasteiger partial charge in [-0.3, -0.25) is 4.79 Å². The van der Waals surface area contributed by atoms with E-state index < -0.39 is 0 Å². The highest BCUT2D eigenvalue weighted by atomic mass is 16.5. The molecule has 1 fully saturated rings. The van der Waals surface area contributed by atoms with Crippen LogP contribution < -0.4 is 5.32 Å². The molecule has 18 heavy (non-hydrogen) atoms. The Balaban J connectivity index is 2.35. The first kappa shape index (κ1) is 15.4. The Morgan fingerprint density at radius 1 is 1.44 bits per heavy atom. The average molecular weight is 258 g/mol. The maximum absolute atomic E-state index is 11.6. The monoisotopic (exact) mass is 258 g/mol. The van der Waals surface area contributed by atoms with E-state index in [-0.39, 0.29) is 18.1 Å². The van der Waals surface area contributed by atoms with E-state index in [9.17, 15) is 4.79 Å². The minimum atomic E-state index is -0.211. The fraction of sp³-hybridized carbons (Fsp3) is 0.923. The molecule has 0 saturated carbocycles. The Labute approximate surface area is 110 Å². The highest BCUT2D eigenvalue weighted by Crippen LogP contribution is 2.12. The molecule has 0 spiro atoms. The van der Waals surface area contributed by atoms with Gasteiger partial charge in [0.2, 0.25) is 0 Å². The molecule has 2 unspecified atom stereocenters. The zero-order valence-corrected chi connectivity index (χ0v) is 11.9. The number of carbonyl (C=O) groups is 1. The lowest BCUT2D eigenvalue weighted by atomic mass is 10.1. The molecule has 1 saturated heterocycles. The van der Waals surface area contributed by atoms with Crippen LogP contribution in [0, 0.1) is 0 Å². The van der Waals surface area contributed by atoms with Gasteiger partial charge < -0.3 is 19.7 Å². The van der Waals surface area contributed by atoms with Crippen molar-refractivity contribution in [2.45, 2.75) is 44.9 Å². The molecule has 0 aromatic rings. The first-order valence-electron chi connectivity index (χ1n) is 6.65. The smallest absolute Gasteiger partial charge is 0.322 e. The number of nitrogens with zero attached hydrogens (tertiary/aromatic N) is 1. The first-order valence-corrected chi connectivity index (χ1v) is 6.65. The maximum atomic E-state index is 11.6. The Kier molecular flexibility index (Phi) is 6.60. The summed E-state index contributed by atoms with van der Waals surface area (Å²) in [5.41, 5.74) is 0. The zero-order chi connectivity index (χ0) is 13.5. The topological polar surface area (TPSA) is 50.8 Å². The van der Waals surface area contributed by atoms with Crippen LogP contribution >= 0.6 is 0 Å². The van der Waals surface area contributed by atoms with Gasteiger partial charge in [-0.1, -0.05) is 13.8 Å². The number of rotatable bonds is 7. The predicted octanol–water partition coefficient (Wildman–Crippen LogP) is 0.637. The van der Waals surface area contributed by atoms with Crippen molar-refractivity contribution in [1.82, 2.24) is 10.2 Å². The number of nitrogens with one attached hydrogen (secondary N) is 1. The van der Waals surface area contributed by atoms with Gasteiger partial charge in [-0.15, -0.1) is 0 Å². The standard InChI is InChI=1S/C13H26N2O3/c1-10(2)14-12(13(16)18-4)6-8-15-7-5-11(9-15)17-3/h10-12,14H,5-9H2,1-4H3. The average Bonchev–Trinajstić information content (AvgIpc) is 2.81. The van der Waals surface area contributed by atoms with Crippen LogP contribution in [0.15, 0.2) is 0 Å². The molecule has 5 nitrogen and oxygen atoms in total. The maximum Gasteiger partial charge on any atom is 0.322 e. The molecule has 0 aliphatic carbocycles. The van der Waals surface area contributed by atoms with Gasteiger partial charge in [-0.05, 0) is 12.8 Å². The quantitative estimate of drug-likeness (QED) is 0.679. The molecule has 0 amide bonds. The van der Waals surface area contributed by atoms with Crippen LogP contribution in [-0.4, -0.2) is 62.9 Å². The third-order valence-electron chi connectivity index (χ3n) is 3.32. The van der Waals surface area contributed by atoms with E-state index in [4.69, 9.17) is 9.47 Å².